The van der Waals surface area contributed by atoms with Crippen LogP contribution in [0.15, 0.2) is 48.7 Å². The summed E-state index contributed by atoms with van der Waals surface area (Å²) in [6.45, 7) is 5.93. The van der Waals surface area contributed by atoms with Gasteiger partial charge in [-0.25, -0.2) is 9.67 Å². The van der Waals surface area contributed by atoms with E-state index in [1.807, 2.05) is 64.2 Å². The van der Waals surface area contributed by atoms with Gasteiger partial charge in [-0.15, -0.1) is 0 Å². The third-order valence-corrected chi connectivity index (χ3v) is 4.68. The number of benzene rings is 1. The van der Waals surface area contributed by atoms with Gasteiger partial charge in [-0.1, -0.05) is 30.3 Å². The molecular formula is C21H22N6O. The van der Waals surface area contributed by atoms with Crippen LogP contribution in [0, 0.1) is 6.92 Å². The predicted octanol–water partition coefficient (Wildman–Crippen LogP) is 3.97. The topological polar surface area (TPSA) is 77.6 Å². The van der Waals surface area contributed by atoms with Gasteiger partial charge in [0.1, 0.15) is 5.82 Å². The molecule has 0 saturated heterocycles. The summed E-state index contributed by atoms with van der Waals surface area (Å²) in [5.41, 5.74) is 3.68. The molecule has 0 bridgehead atoms. The molecule has 1 N–H and O–H groups in total. The molecule has 4 aromatic rings. The molecule has 1 amide bonds. The Bertz CT molecular complexity index is 1160. The van der Waals surface area contributed by atoms with Gasteiger partial charge in [0, 0.05) is 24.7 Å². The maximum atomic E-state index is 13.2. The number of fused-ring (bicyclic) bond motifs is 1. The maximum absolute atomic E-state index is 13.2. The smallest absolute Gasteiger partial charge is 0.257 e. The van der Waals surface area contributed by atoms with E-state index in [1.165, 1.54) is 0 Å². The van der Waals surface area contributed by atoms with Crippen LogP contribution in [0.2, 0.25) is 0 Å². The first kappa shape index (κ1) is 17.9. The maximum Gasteiger partial charge on any atom is 0.257 e. The molecule has 3 heterocycles. The summed E-state index contributed by atoms with van der Waals surface area (Å²) < 4.78 is 3.50. The van der Waals surface area contributed by atoms with Crippen LogP contribution in [0.1, 0.15) is 35.9 Å². The first-order valence-electron chi connectivity index (χ1n) is 9.20. The molecule has 4 rings (SSSR count). The van der Waals surface area contributed by atoms with E-state index >= 15 is 0 Å². The Balaban J connectivity index is 1.85. The van der Waals surface area contributed by atoms with Crippen LogP contribution >= 0.6 is 0 Å². The van der Waals surface area contributed by atoms with Gasteiger partial charge in [-0.2, -0.15) is 10.2 Å². The number of carbonyl (C=O) groups is 1. The van der Waals surface area contributed by atoms with E-state index in [-0.39, 0.29) is 11.9 Å². The Labute approximate surface area is 163 Å². The van der Waals surface area contributed by atoms with Crippen molar-refractivity contribution in [3.63, 3.8) is 0 Å². The van der Waals surface area contributed by atoms with Crippen LogP contribution in [0.5, 0.6) is 0 Å². The van der Waals surface area contributed by atoms with Gasteiger partial charge in [0.15, 0.2) is 5.65 Å². The summed E-state index contributed by atoms with van der Waals surface area (Å²) in [6.07, 6.45) is 1.68. The fourth-order valence-electron chi connectivity index (χ4n) is 3.39. The lowest BCUT2D eigenvalue weighted by Gasteiger charge is -2.13. The van der Waals surface area contributed by atoms with Gasteiger partial charge in [-0.05, 0) is 26.8 Å². The summed E-state index contributed by atoms with van der Waals surface area (Å²) in [7, 11) is 1.84. The highest BCUT2D eigenvalue weighted by atomic mass is 16.1. The fraction of sp³-hybridized carbons (Fsp3) is 0.238. The second kappa shape index (κ2) is 6.92. The van der Waals surface area contributed by atoms with E-state index in [4.69, 9.17) is 4.98 Å². The van der Waals surface area contributed by atoms with E-state index in [2.05, 4.69) is 15.5 Å². The van der Waals surface area contributed by atoms with E-state index < -0.39 is 0 Å². The van der Waals surface area contributed by atoms with Crippen LogP contribution in [0.3, 0.4) is 0 Å². The monoisotopic (exact) mass is 374 g/mol. The van der Waals surface area contributed by atoms with Crippen LogP contribution in [-0.4, -0.2) is 30.5 Å². The lowest BCUT2D eigenvalue weighted by atomic mass is 10.0. The highest BCUT2D eigenvalue weighted by molar-refractivity contribution is 6.13. The molecule has 0 fully saturated rings. The number of nitrogens with zero attached hydrogens (tertiary/aromatic N) is 5. The van der Waals surface area contributed by atoms with Crippen molar-refractivity contribution < 1.29 is 4.79 Å². The molecule has 0 atom stereocenters. The minimum Gasteiger partial charge on any atom is -0.307 e. The van der Waals surface area contributed by atoms with Crippen LogP contribution in [-0.2, 0) is 7.05 Å². The van der Waals surface area contributed by atoms with Crippen molar-refractivity contribution in [1.82, 2.24) is 24.5 Å². The predicted molar refractivity (Wildman–Crippen MR) is 109 cm³/mol. The SMILES string of the molecule is Cc1nn(C)c2nc(-c3ccccc3)cc(C(=O)Nc3ccnn3C(C)C)c12. The first-order chi connectivity index (χ1) is 13.5. The van der Waals surface area contributed by atoms with Crippen molar-refractivity contribution in [2.24, 2.45) is 7.05 Å². The van der Waals surface area contributed by atoms with Crippen LogP contribution < -0.4 is 5.32 Å². The molecule has 7 heteroatoms. The molecule has 7 nitrogen and oxygen atoms in total. The second-order valence-corrected chi connectivity index (χ2v) is 7.04. The number of pyridine rings is 1. The van der Waals surface area contributed by atoms with E-state index in [1.54, 1.807) is 21.6 Å². The van der Waals surface area contributed by atoms with Crippen LogP contribution in [0.4, 0.5) is 5.82 Å². The lowest BCUT2D eigenvalue weighted by molar-refractivity contribution is 0.102. The summed E-state index contributed by atoms with van der Waals surface area (Å²) in [5.74, 6) is 0.454. The minimum atomic E-state index is -0.205. The van der Waals surface area contributed by atoms with Crippen molar-refractivity contribution in [2.45, 2.75) is 26.8 Å². The van der Waals surface area contributed by atoms with E-state index in [0.717, 1.165) is 22.3 Å². The lowest BCUT2D eigenvalue weighted by Crippen LogP contribution is -2.17. The molecule has 0 aliphatic carbocycles. The normalized spacial score (nSPS) is 11.3. The summed E-state index contributed by atoms with van der Waals surface area (Å²) in [5, 5.41) is 12.5. The zero-order valence-corrected chi connectivity index (χ0v) is 16.3. The molecule has 28 heavy (non-hydrogen) atoms. The number of nitrogens with one attached hydrogen (secondary N) is 1. The molecule has 0 unspecified atom stereocenters. The van der Waals surface area contributed by atoms with Crippen molar-refractivity contribution in [3.05, 3.63) is 59.9 Å². The van der Waals surface area contributed by atoms with Crippen molar-refractivity contribution in [1.29, 1.82) is 0 Å². The molecular weight excluding hydrogens is 352 g/mol. The average molecular weight is 374 g/mol. The molecule has 0 aliphatic rings. The summed E-state index contributed by atoms with van der Waals surface area (Å²) in [6, 6.07) is 13.6. The first-order valence-corrected chi connectivity index (χ1v) is 9.20. The van der Waals surface area contributed by atoms with E-state index in [0.29, 0.717) is 17.0 Å². The van der Waals surface area contributed by atoms with Gasteiger partial charge >= 0.3 is 0 Å². The number of aromatic nitrogens is 5. The van der Waals surface area contributed by atoms with Gasteiger partial charge in [0.2, 0.25) is 0 Å². The van der Waals surface area contributed by atoms with Gasteiger partial charge < -0.3 is 5.32 Å². The summed E-state index contributed by atoms with van der Waals surface area (Å²) in [4.78, 5) is 18.0. The quantitative estimate of drug-likeness (QED) is 0.586. The molecule has 0 aliphatic heterocycles. The van der Waals surface area contributed by atoms with Gasteiger partial charge in [0.05, 0.1) is 28.5 Å². The zero-order valence-electron chi connectivity index (χ0n) is 16.3. The van der Waals surface area contributed by atoms with Crippen LogP contribution in [0.25, 0.3) is 22.3 Å². The molecule has 1 aromatic carbocycles. The van der Waals surface area contributed by atoms with Crippen molar-refractivity contribution in [3.8, 4) is 11.3 Å². The number of hydrogen-bond acceptors (Lipinski definition) is 4. The van der Waals surface area contributed by atoms with Crippen molar-refractivity contribution in [2.75, 3.05) is 5.32 Å². The summed E-state index contributed by atoms with van der Waals surface area (Å²) >= 11 is 0. The second-order valence-electron chi connectivity index (χ2n) is 7.04. The highest BCUT2D eigenvalue weighted by Gasteiger charge is 2.20. The number of amides is 1. The third-order valence-electron chi connectivity index (χ3n) is 4.68. The number of rotatable bonds is 4. The van der Waals surface area contributed by atoms with Crippen molar-refractivity contribution >= 4 is 22.8 Å². The standard InChI is InChI=1S/C21H22N6O/c1-13(2)27-18(10-11-22-27)24-21(28)16-12-17(15-8-6-5-7-9-15)23-20-19(16)14(3)25-26(20)4/h5-13H,1-4H3,(H,24,28). The Kier molecular flexibility index (Phi) is 4.43. The zero-order chi connectivity index (χ0) is 19.8. The average Bonchev–Trinajstić information content (AvgIpc) is 3.26. The number of carbonyl (C=O) groups excluding carboxylic acids is 1. The molecule has 142 valence electrons. The minimum absolute atomic E-state index is 0.141. The Morgan fingerprint density at radius 3 is 2.61 bits per heavy atom. The molecule has 0 radical (unpaired) electrons. The molecule has 3 aromatic heterocycles. The molecule has 0 saturated carbocycles. The number of anilines is 1. The Hall–Kier alpha value is -3.48. The highest BCUT2D eigenvalue weighted by Crippen LogP contribution is 2.27. The Morgan fingerprint density at radius 2 is 1.89 bits per heavy atom. The number of aryl methyl sites for hydroxylation is 2. The number of hydrogen-bond donors (Lipinski definition) is 1. The fourth-order valence-corrected chi connectivity index (χ4v) is 3.39. The van der Waals surface area contributed by atoms with Gasteiger partial charge in [-0.3, -0.25) is 9.48 Å². The van der Waals surface area contributed by atoms with Gasteiger partial charge in [0.25, 0.3) is 5.91 Å². The Morgan fingerprint density at radius 1 is 1.14 bits per heavy atom. The largest absolute Gasteiger partial charge is 0.307 e. The van der Waals surface area contributed by atoms with E-state index in [9.17, 15) is 4.79 Å². The molecule has 0 spiro atoms. The third kappa shape index (κ3) is 3.05.